The summed E-state index contributed by atoms with van der Waals surface area (Å²) >= 11 is 3.43. The Morgan fingerprint density at radius 2 is 2.11 bits per heavy atom. The van der Waals surface area contributed by atoms with Crippen LogP contribution in [0.4, 0.5) is 0 Å². The maximum atomic E-state index is 8.54. The van der Waals surface area contributed by atoms with E-state index >= 15 is 0 Å². The molecular formula is C13H17BrClN2O2-. The number of benzene rings is 1. The summed E-state index contributed by atoms with van der Waals surface area (Å²) in [6, 6.07) is 6.23. The van der Waals surface area contributed by atoms with Crippen LogP contribution in [0.1, 0.15) is 19.4 Å². The first kappa shape index (κ1) is 18.0. The van der Waals surface area contributed by atoms with Crippen LogP contribution in [0.25, 0.3) is 0 Å². The van der Waals surface area contributed by atoms with Gasteiger partial charge < -0.3 is 27.2 Å². The summed E-state index contributed by atoms with van der Waals surface area (Å²) in [6.07, 6.45) is 0. The molecule has 0 atom stereocenters. The molecule has 0 saturated carbocycles. The molecule has 1 rings (SSSR count). The molecule has 0 aliphatic carbocycles. The Bertz CT molecular complexity index is 447. The van der Waals surface area contributed by atoms with E-state index in [1.54, 1.807) is 7.11 Å². The van der Waals surface area contributed by atoms with Crippen LogP contribution in [0.2, 0.25) is 0 Å². The van der Waals surface area contributed by atoms with Crippen LogP contribution >= 0.6 is 15.9 Å². The molecule has 0 bridgehead atoms. The van der Waals surface area contributed by atoms with Crippen molar-refractivity contribution in [2.45, 2.75) is 26.4 Å². The van der Waals surface area contributed by atoms with Crippen molar-refractivity contribution >= 4 is 15.9 Å². The number of nitrogens with zero attached hydrogens (tertiary/aromatic N) is 1. The van der Waals surface area contributed by atoms with Gasteiger partial charge in [0.05, 0.1) is 11.6 Å². The number of hydrogen-bond acceptors (Lipinski definition) is 4. The minimum absolute atomic E-state index is 0. The lowest BCUT2D eigenvalue weighted by Gasteiger charge is -2.14. The summed E-state index contributed by atoms with van der Waals surface area (Å²) in [7, 11) is 1.58. The van der Waals surface area contributed by atoms with Crippen LogP contribution in [-0.2, 0) is 6.54 Å². The second kappa shape index (κ2) is 9.03. The maximum absolute atomic E-state index is 8.54. The zero-order valence-corrected chi connectivity index (χ0v) is 13.5. The monoisotopic (exact) mass is 347 g/mol. The first-order chi connectivity index (χ1) is 8.58. The van der Waals surface area contributed by atoms with Gasteiger partial charge in [0.2, 0.25) is 0 Å². The van der Waals surface area contributed by atoms with Crippen molar-refractivity contribution in [1.82, 2.24) is 5.32 Å². The van der Waals surface area contributed by atoms with E-state index in [-0.39, 0.29) is 19.0 Å². The predicted molar refractivity (Wildman–Crippen MR) is 73.8 cm³/mol. The van der Waals surface area contributed by atoms with E-state index in [0.29, 0.717) is 17.5 Å². The summed E-state index contributed by atoms with van der Waals surface area (Å²) < 4.78 is 11.4. The first-order valence-corrected chi connectivity index (χ1v) is 6.47. The minimum atomic E-state index is -0.00144. The summed E-state index contributed by atoms with van der Waals surface area (Å²) in [5.74, 6) is 1.19. The van der Waals surface area contributed by atoms with Crippen LogP contribution in [0.15, 0.2) is 16.6 Å². The normalized spacial score (nSPS) is 9.68. The van der Waals surface area contributed by atoms with Crippen LogP contribution < -0.4 is 27.2 Å². The quantitative estimate of drug-likeness (QED) is 0.778. The molecule has 0 aromatic heterocycles. The van der Waals surface area contributed by atoms with E-state index < -0.39 is 0 Å². The fraction of sp³-hybridized carbons (Fsp3) is 0.462. The number of rotatable bonds is 6. The lowest BCUT2D eigenvalue weighted by molar-refractivity contribution is -0.00000470. The van der Waals surface area contributed by atoms with Gasteiger partial charge in [-0.15, -0.1) is 0 Å². The van der Waals surface area contributed by atoms with Crippen molar-refractivity contribution in [3.63, 3.8) is 0 Å². The van der Waals surface area contributed by atoms with Gasteiger partial charge in [0, 0.05) is 12.6 Å². The molecule has 0 aliphatic heterocycles. The highest BCUT2D eigenvalue weighted by molar-refractivity contribution is 9.10. The number of nitrogens with one attached hydrogen (secondary N) is 1. The van der Waals surface area contributed by atoms with Crippen LogP contribution in [-0.4, -0.2) is 19.8 Å². The largest absolute Gasteiger partial charge is 1.00 e. The zero-order valence-electron chi connectivity index (χ0n) is 11.2. The number of hydrogen-bond donors (Lipinski definition) is 1. The van der Waals surface area contributed by atoms with Crippen LogP contribution in [0, 0.1) is 11.3 Å². The molecule has 0 fully saturated rings. The molecule has 6 heteroatoms. The molecule has 0 spiro atoms. The predicted octanol–water partition coefficient (Wildman–Crippen LogP) is -0.138. The Kier molecular flexibility index (Phi) is 8.57. The third-order valence-electron chi connectivity index (χ3n) is 2.28. The topological polar surface area (TPSA) is 54.3 Å². The van der Waals surface area contributed by atoms with Gasteiger partial charge in [0.25, 0.3) is 0 Å². The van der Waals surface area contributed by atoms with E-state index in [1.165, 1.54) is 0 Å². The molecule has 0 radical (unpaired) electrons. The Balaban J connectivity index is 0.00000324. The Morgan fingerprint density at radius 3 is 2.63 bits per heavy atom. The molecule has 1 aromatic rings. The maximum Gasteiger partial charge on any atom is 0.176 e. The molecule has 0 unspecified atom stereocenters. The van der Waals surface area contributed by atoms with E-state index in [4.69, 9.17) is 14.7 Å². The summed E-state index contributed by atoms with van der Waals surface area (Å²) in [5, 5.41) is 11.9. The molecule has 19 heavy (non-hydrogen) atoms. The SMILES string of the molecule is COc1cc(CNC(C)C)cc(Br)c1OCC#N.[Cl-]. The molecule has 106 valence electrons. The van der Waals surface area contributed by atoms with Gasteiger partial charge in [0.1, 0.15) is 6.07 Å². The second-order valence-corrected chi connectivity index (χ2v) is 4.95. The number of methoxy groups -OCH3 is 1. The van der Waals surface area contributed by atoms with Crippen LogP contribution in [0.3, 0.4) is 0 Å². The molecular weight excluding hydrogens is 332 g/mol. The Hall–Kier alpha value is -0.960. The van der Waals surface area contributed by atoms with Crippen molar-refractivity contribution in [3.05, 3.63) is 22.2 Å². The standard InChI is InChI=1S/C13H17BrN2O2.ClH/c1-9(2)16-8-10-6-11(14)13(18-5-4-15)12(7-10)17-3;/h6-7,9,16H,5,8H2,1-3H3;1H/p-1. The van der Waals surface area contributed by atoms with Gasteiger partial charge in [-0.3, -0.25) is 0 Å². The van der Waals surface area contributed by atoms with Crippen molar-refractivity contribution in [2.75, 3.05) is 13.7 Å². The van der Waals surface area contributed by atoms with Gasteiger partial charge in [-0.25, -0.2) is 0 Å². The molecule has 1 aromatic carbocycles. The van der Waals surface area contributed by atoms with Gasteiger partial charge in [0.15, 0.2) is 18.1 Å². The Labute approximate surface area is 128 Å². The first-order valence-electron chi connectivity index (χ1n) is 5.68. The fourth-order valence-corrected chi connectivity index (χ4v) is 2.05. The van der Waals surface area contributed by atoms with E-state index in [0.717, 1.165) is 16.6 Å². The molecule has 0 aliphatic rings. The smallest absolute Gasteiger partial charge is 0.176 e. The highest BCUT2D eigenvalue weighted by Crippen LogP contribution is 2.36. The summed E-state index contributed by atoms with van der Waals surface area (Å²) in [6.45, 7) is 4.94. The minimum Gasteiger partial charge on any atom is -1.00 e. The van der Waals surface area contributed by atoms with Crippen molar-refractivity contribution < 1.29 is 21.9 Å². The third kappa shape index (κ3) is 5.68. The lowest BCUT2D eigenvalue weighted by atomic mass is 10.2. The summed E-state index contributed by atoms with van der Waals surface area (Å²) in [5.41, 5.74) is 1.09. The van der Waals surface area contributed by atoms with E-state index in [1.807, 2.05) is 18.2 Å². The fourth-order valence-electron chi connectivity index (χ4n) is 1.44. The summed E-state index contributed by atoms with van der Waals surface area (Å²) in [4.78, 5) is 0. The Morgan fingerprint density at radius 1 is 1.42 bits per heavy atom. The van der Waals surface area contributed by atoms with Crippen molar-refractivity contribution in [3.8, 4) is 17.6 Å². The van der Waals surface area contributed by atoms with Crippen LogP contribution in [0.5, 0.6) is 11.5 Å². The third-order valence-corrected chi connectivity index (χ3v) is 2.87. The lowest BCUT2D eigenvalue weighted by Crippen LogP contribution is -3.00. The average molecular weight is 349 g/mol. The average Bonchev–Trinajstić information content (AvgIpc) is 2.34. The molecule has 4 nitrogen and oxygen atoms in total. The van der Waals surface area contributed by atoms with Crippen molar-refractivity contribution in [2.24, 2.45) is 0 Å². The number of ether oxygens (including phenoxy) is 2. The second-order valence-electron chi connectivity index (χ2n) is 4.09. The molecule has 0 amide bonds. The highest BCUT2D eigenvalue weighted by atomic mass is 79.9. The number of nitriles is 1. The van der Waals surface area contributed by atoms with Gasteiger partial charge in [-0.05, 0) is 33.6 Å². The highest BCUT2D eigenvalue weighted by Gasteiger charge is 2.11. The zero-order chi connectivity index (χ0) is 13.5. The molecule has 1 N–H and O–H groups in total. The van der Waals surface area contributed by atoms with E-state index in [9.17, 15) is 0 Å². The van der Waals surface area contributed by atoms with Crippen molar-refractivity contribution in [1.29, 1.82) is 5.26 Å². The van der Waals surface area contributed by atoms with E-state index in [2.05, 4.69) is 35.1 Å². The van der Waals surface area contributed by atoms with Gasteiger partial charge in [-0.1, -0.05) is 13.8 Å². The molecule has 0 heterocycles. The van der Waals surface area contributed by atoms with Gasteiger partial charge in [-0.2, -0.15) is 5.26 Å². The molecule has 0 saturated heterocycles. The van der Waals surface area contributed by atoms with Gasteiger partial charge >= 0.3 is 0 Å². The number of halogens is 2.